The Labute approximate surface area is 152 Å². The molecular weight excluding hydrogens is 334 g/mol. The van der Waals surface area contributed by atoms with Crippen LogP contribution >= 0.6 is 0 Å². The Morgan fingerprint density at radius 3 is 2.96 bits per heavy atom. The predicted octanol–water partition coefficient (Wildman–Crippen LogP) is 2.82. The molecule has 0 radical (unpaired) electrons. The standard InChI is InChI=1S/C18H23N5O3/c1-13(2)11-22-12-19-9-16(22)10-20-17(24)21-14-4-3-5-15(8-14)23-6-7-26-18(23)25/h3-5,8-9,12-13H,6-7,10-11H2,1-2H3,(H2,20,21,24). The highest BCUT2D eigenvalue weighted by Crippen LogP contribution is 2.22. The minimum atomic E-state index is -0.370. The van der Waals surface area contributed by atoms with Crippen molar-refractivity contribution in [3.8, 4) is 0 Å². The Bertz CT molecular complexity index is 787. The van der Waals surface area contributed by atoms with Gasteiger partial charge >= 0.3 is 12.1 Å². The number of aromatic nitrogens is 2. The van der Waals surface area contributed by atoms with Crippen molar-refractivity contribution in [2.45, 2.75) is 26.9 Å². The molecule has 1 aliphatic rings. The molecule has 0 atom stereocenters. The summed E-state index contributed by atoms with van der Waals surface area (Å²) in [5.41, 5.74) is 2.25. The van der Waals surface area contributed by atoms with Crippen LogP contribution < -0.4 is 15.5 Å². The number of nitrogens with one attached hydrogen (secondary N) is 2. The number of hydrogen-bond donors (Lipinski definition) is 2. The van der Waals surface area contributed by atoms with Crippen LogP contribution in [0.4, 0.5) is 21.0 Å². The third-order valence-corrected chi connectivity index (χ3v) is 3.97. The predicted molar refractivity (Wildman–Crippen MR) is 98.1 cm³/mol. The van der Waals surface area contributed by atoms with Gasteiger partial charge in [0.1, 0.15) is 6.61 Å². The summed E-state index contributed by atoms with van der Waals surface area (Å²) in [4.78, 5) is 29.5. The molecule has 138 valence electrons. The largest absolute Gasteiger partial charge is 0.447 e. The zero-order valence-corrected chi connectivity index (χ0v) is 14.9. The number of benzene rings is 1. The molecule has 1 aliphatic heterocycles. The van der Waals surface area contributed by atoms with Crippen molar-refractivity contribution in [3.05, 3.63) is 42.5 Å². The van der Waals surface area contributed by atoms with Crippen LogP contribution in [0.5, 0.6) is 0 Å². The molecule has 2 aromatic rings. The lowest BCUT2D eigenvalue weighted by Crippen LogP contribution is -2.29. The van der Waals surface area contributed by atoms with Gasteiger partial charge in [0.2, 0.25) is 0 Å². The van der Waals surface area contributed by atoms with Gasteiger partial charge in [-0.05, 0) is 24.1 Å². The number of carbonyl (C=O) groups excluding carboxylic acids is 2. The topological polar surface area (TPSA) is 88.5 Å². The second kappa shape index (κ2) is 7.90. The highest BCUT2D eigenvalue weighted by atomic mass is 16.6. The van der Waals surface area contributed by atoms with Crippen LogP contribution in [0.3, 0.4) is 0 Å². The van der Waals surface area contributed by atoms with Crippen molar-refractivity contribution in [1.82, 2.24) is 14.9 Å². The van der Waals surface area contributed by atoms with E-state index in [4.69, 9.17) is 4.74 Å². The Morgan fingerprint density at radius 2 is 2.23 bits per heavy atom. The number of urea groups is 1. The minimum Gasteiger partial charge on any atom is -0.447 e. The quantitative estimate of drug-likeness (QED) is 0.832. The van der Waals surface area contributed by atoms with E-state index in [-0.39, 0.29) is 12.1 Å². The molecule has 0 aliphatic carbocycles. The summed E-state index contributed by atoms with van der Waals surface area (Å²) in [6.45, 7) is 6.39. The third-order valence-electron chi connectivity index (χ3n) is 3.97. The van der Waals surface area contributed by atoms with Crippen LogP contribution in [0.15, 0.2) is 36.8 Å². The van der Waals surface area contributed by atoms with Crippen LogP contribution in [-0.4, -0.2) is 34.8 Å². The fourth-order valence-electron chi connectivity index (χ4n) is 2.78. The second-order valence-corrected chi connectivity index (χ2v) is 6.56. The maximum Gasteiger partial charge on any atom is 0.414 e. The monoisotopic (exact) mass is 357 g/mol. The first-order valence-electron chi connectivity index (χ1n) is 8.61. The summed E-state index contributed by atoms with van der Waals surface area (Å²) >= 11 is 0. The van der Waals surface area contributed by atoms with Gasteiger partial charge in [-0.1, -0.05) is 19.9 Å². The molecule has 0 bridgehead atoms. The highest BCUT2D eigenvalue weighted by Gasteiger charge is 2.23. The lowest BCUT2D eigenvalue weighted by Gasteiger charge is -2.15. The number of ether oxygens (including phenoxy) is 1. The van der Waals surface area contributed by atoms with E-state index < -0.39 is 0 Å². The van der Waals surface area contributed by atoms with Crippen molar-refractivity contribution in [1.29, 1.82) is 0 Å². The zero-order valence-electron chi connectivity index (χ0n) is 14.9. The molecule has 3 amide bonds. The minimum absolute atomic E-state index is 0.316. The van der Waals surface area contributed by atoms with E-state index in [1.807, 2.05) is 4.57 Å². The van der Waals surface area contributed by atoms with Crippen molar-refractivity contribution in [2.24, 2.45) is 5.92 Å². The normalized spacial score (nSPS) is 13.8. The molecule has 0 spiro atoms. The smallest absolute Gasteiger partial charge is 0.414 e. The van der Waals surface area contributed by atoms with Gasteiger partial charge in [-0.3, -0.25) is 4.90 Å². The molecule has 8 nitrogen and oxygen atoms in total. The van der Waals surface area contributed by atoms with Crippen molar-refractivity contribution >= 4 is 23.5 Å². The summed E-state index contributed by atoms with van der Waals surface area (Å²) in [6, 6.07) is 6.79. The molecular formula is C18H23N5O3. The van der Waals surface area contributed by atoms with Gasteiger partial charge in [-0.15, -0.1) is 0 Å². The maximum atomic E-state index is 12.2. The number of carbonyl (C=O) groups is 2. The van der Waals surface area contributed by atoms with Crippen LogP contribution in [0.1, 0.15) is 19.5 Å². The fourth-order valence-corrected chi connectivity index (χ4v) is 2.78. The molecule has 26 heavy (non-hydrogen) atoms. The SMILES string of the molecule is CC(C)Cn1cncc1CNC(=O)Nc1cccc(N2CCOC2=O)c1. The first kappa shape index (κ1) is 17.8. The van der Waals surface area contributed by atoms with Crippen LogP contribution in [0, 0.1) is 5.92 Å². The van der Waals surface area contributed by atoms with E-state index in [1.165, 1.54) is 4.90 Å². The zero-order chi connectivity index (χ0) is 18.5. The fraction of sp³-hybridized carbons (Fsp3) is 0.389. The van der Waals surface area contributed by atoms with Gasteiger partial charge in [0, 0.05) is 24.1 Å². The Balaban J connectivity index is 1.57. The molecule has 2 N–H and O–H groups in total. The van der Waals surface area contributed by atoms with E-state index in [2.05, 4.69) is 29.5 Å². The Morgan fingerprint density at radius 1 is 1.38 bits per heavy atom. The Hall–Kier alpha value is -3.03. The highest BCUT2D eigenvalue weighted by molar-refractivity contribution is 5.93. The summed E-state index contributed by atoms with van der Waals surface area (Å²) < 4.78 is 6.97. The molecule has 8 heteroatoms. The summed E-state index contributed by atoms with van der Waals surface area (Å²) in [5.74, 6) is 0.497. The Kier molecular flexibility index (Phi) is 5.40. The lowest BCUT2D eigenvalue weighted by atomic mass is 10.2. The van der Waals surface area contributed by atoms with E-state index in [1.54, 1.807) is 36.8 Å². The van der Waals surface area contributed by atoms with Gasteiger partial charge in [-0.25, -0.2) is 14.6 Å². The number of nitrogens with zero attached hydrogens (tertiary/aromatic N) is 3. The average molecular weight is 357 g/mol. The molecule has 1 saturated heterocycles. The van der Waals surface area contributed by atoms with Crippen LogP contribution in [0.25, 0.3) is 0 Å². The number of anilines is 2. The molecule has 1 aromatic carbocycles. The van der Waals surface area contributed by atoms with Crippen LogP contribution in [0.2, 0.25) is 0 Å². The van der Waals surface area contributed by atoms with Crippen molar-refractivity contribution in [2.75, 3.05) is 23.4 Å². The van der Waals surface area contributed by atoms with E-state index in [9.17, 15) is 9.59 Å². The average Bonchev–Trinajstić information content (AvgIpc) is 3.21. The van der Waals surface area contributed by atoms with E-state index >= 15 is 0 Å². The maximum absolute atomic E-state index is 12.2. The summed E-state index contributed by atoms with van der Waals surface area (Å²) in [6.07, 6.45) is 3.15. The number of hydrogen-bond acceptors (Lipinski definition) is 4. The first-order valence-corrected chi connectivity index (χ1v) is 8.61. The van der Waals surface area contributed by atoms with E-state index in [0.29, 0.717) is 37.0 Å². The number of rotatable bonds is 6. The second-order valence-electron chi connectivity index (χ2n) is 6.56. The molecule has 3 rings (SSSR count). The molecule has 1 fully saturated rings. The number of cyclic esters (lactones) is 1. The van der Waals surface area contributed by atoms with Gasteiger partial charge in [0.25, 0.3) is 0 Å². The van der Waals surface area contributed by atoms with Gasteiger partial charge < -0.3 is 19.9 Å². The van der Waals surface area contributed by atoms with Gasteiger partial charge in [0.15, 0.2) is 0 Å². The van der Waals surface area contributed by atoms with Crippen molar-refractivity contribution in [3.63, 3.8) is 0 Å². The summed E-state index contributed by atoms with van der Waals surface area (Å²) in [7, 11) is 0. The third kappa shape index (κ3) is 4.33. The molecule has 0 saturated carbocycles. The van der Waals surface area contributed by atoms with Crippen molar-refractivity contribution < 1.29 is 14.3 Å². The first-order chi connectivity index (χ1) is 12.5. The summed E-state index contributed by atoms with van der Waals surface area (Å²) in [5, 5.41) is 5.61. The molecule has 2 heterocycles. The van der Waals surface area contributed by atoms with Gasteiger partial charge in [0.05, 0.1) is 25.1 Å². The number of imidazole rings is 1. The van der Waals surface area contributed by atoms with E-state index in [0.717, 1.165) is 12.2 Å². The number of amides is 3. The van der Waals surface area contributed by atoms with Gasteiger partial charge in [-0.2, -0.15) is 0 Å². The molecule has 0 unspecified atom stereocenters. The molecule has 1 aromatic heterocycles. The lowest BCUT2D eigenvalue weighted by molar-refractivity contribution is 0.181. The van der Waals surface area contributed by atoms with Crippen LogP contribution in [-0.2, 0) is 17.8 Å².